The van der Waals surface area contributed by atoms with E-state index in [1.54, 1.807) is 18.0 Å². The number of anilines is 2. The van der Waals surface area contributed by atoms with Crippen LogP contribution in [0.4, 0.5) is 11.4 Å². The lowest BCUT2D eigenvalue weighted by Gasteiger charge is -2.40. The predicted octanol–water partition coefficient (Wildman–Crippen LogP) is 0.352. The first-order valence-electron chi connectivity index (χ1n) is 9.10. The fourth-order valence-corrected chi connectivity index (χ4v) is 3.30. The van der Waals surface area contributed by atoms with Crippen LogP contribution < -0.4 is 20.7 Å². The third-order valence-corrected chi connectivity index (χ3v) is 5.11. The first-order chi connectivity index (χ1) is 13.4. The van der Waals surface area contributed by atoms with E-state index in [1.807, 2.05) is 43.1 Å². The van der Waals surface area contributed by atoms with Gasteiger partial charge in [-0.05, 0) is 31.2 Å². The van der Waals surface area contributed by atoms with E-state index >= 15 is 0 Å². The summed E-state index contributed by atoms with van der Waals surface area (Å²) in [6, 6.07) is 7.11. The maximum absolute atomic E-state index is 12.5. The van der Waals surface area contributed by atoms with E-state index in [4.69, 9.17) is 10.5 Å². The second kappa shape index (κ2) is 8.30. The maximum atomic E-state index is 12.5. The third kappa shape index (κ3) is 4.25. The van der Waals surface area contributed by atoms with E-state index in [1.165, 1.54) is 0 Å². The Balaban J connectivity index is 1.64. The molecule has 1 aliphatic rings. The highest BCUT2D eigenvalue weighted by Crippen LogP contribution is 2.22. The van der Waals surface area contributed by atoms with E-state index in [-0.39, 0.29) is 12.5 Å². The number of piperazine rings is 1. The predicted molar refractivity (Wildman–Crippen MR) is 106 cm³/mol. The molecule has 0 bridgehead atoms. The molecular weight excluding hydrogens is 360 g/mol. The van der Waals surface area contributed by atoms with Crippen LogP contribution in [0.3, 0.4) is 0 Å². The van der Waals surface area contributed by atoms with Gasteiger partial charge in [0.2, 0.25) is 11.8 Å². The number of aromatic nitrogens is 2. The van der Waals surface area contributed by atoms with Crippen LogP contribution in [0.5, 0.6) is 5.75 Å². The first-order valence-corrected chi connectivity index (χ1v) is 9.10. The number of nitrogens with one attached hydrogen (secondary N) is 1. The molecular formula is C19H26N6O3. The Hall–Kier alpha value is -3.07. The first kappa shape index (κ1) is 19.7. The van der Waals surface area contributed by atoms with Crippen LogP contribution in [-0.2, 0) is 16.6 Å². The van der Waals surface area contributed by atoms with E-state index in [0.717, 1.165) is 17.1 Å². The summed E-state index contributed by atoms with van der Waals surface area (Å²) in [5.41, 5.74) is 8.15. The molecule has 1 atom stereocenters. The quantitative estimate of drug-likeness (QED) is 0.742. The molecule has 2 amide bonds. The third-order valence-electron chi connectivity index (χ3n) is 5.11. The Bertz CT molecular complexity index is 848. The molecule has 1 fully saturated rings. The van der Waals surface area contributed by atoms with Crippen LogP contribution in [0.1, 0.15) is 5.69 Å². The van der Waals surface area contributed by atoms with Gasteiger partial charge in [-0.1, -0.05) is 0 Å². The number of benzene rings is 1. The molecule has 0 saturated carbocycles. The number of hydrogen-bond donors (Lipinski definition) is 2. The number of methoxy groups -OCH3 is 1. The zero-order chi connectivity index (χ0) is 20.3. The van der Waals surface area contributed by atoms with Gasteiger partial charge in [-0.15, -0.1) is 0 Å². The van der Waals surface area contributed by atoms with Crippen molar-refractivity contribution < 1.29 is 14.3 Å². The molecule has 0 spiro atoms. The number of aryl methyl sites for hydroxylation is 1. The lowest BCUT2D eigenvalue weighted by atomic mass is 10.1. The monoisotopic (exact) mass is 386 g/mol. The van der Waals surface area contributed by atoms with Gasteiger partial charge in [-0.25, -0.2) is 0 Å². The number of amides is 2. The standard InChI is InChI=1S/C19H26N6O3/c1-13-16(10-21-23(13)2)22-18(26)12-25-9-8-24(11-17(25)19(20)27)14-4-6-15(28-3)7-5-14/h4-7,10,17H,8-9,11-12H2,1-3H3,(H2,20,27)(H,22,26)/t17-/m1/s1. The molecule has 1 aromatic heterocycles. The Labute approximate surface area is 164 Å². The highest BCUT2D eigenvalue weighted by atomic mass is 16.5. The molecule has 2 aromatic rings. The number of nitrogens with two attached hydrogens (primary N) is 1. The SMILES string of the molecule is COc1ccc(N2CCN(CC(=O)Nc3cnn(C)c3C)[C@@H](C(N)=O)C2)cc1. The fraction of sp³-hybridized carbons (Fsp3) is 0.421. The van der Waals surface area contributed by atoms with Gasteiger partial charge in [-0.3, -0.25) is 19.2 Å². The number of carbonyl (C=O) groups is 2. The molecule has 1 aliphatic heterocycles. The van der Waals surface area contributed by atoms with Crippen molar-refractivity contribution in [3.8, 4) is 5.75 Å². The number of rotatable bonds is 6. The van der Waals surface area contributed by atoms with Crippen molar-refractivity contribution in [3.63, 3.8) is 0 Å². The smallest absolute Gasteiger partial charge is 0.238 e. The molecule has 3 N–H and O–H groups in total. The summed E-state index contributed by atoms with van der Waals surface area (Å²) >= 11 is 0. The highest BCUT2D eigenvalue weighted by molar-refractivity contribution is 5.93. The maximum Gasteiger partial charge on any atom is 0.238 e. The summed E-state index contributed by atoms with van der Waals surface area (Å²) in [6.45, 7) is 3.65. The largest absolute Gasteiger partial charge is 0.497 e. The summed E-state index contributed by atoms with van der Waals surface area (Å²) in [5.74, 6) is 0.139. The highest BCUT2D eigenvalue weighted by Gasteiger charge is 2.32. The molecule has 9 heteroatoms. The van der Waals surface area contributed by atoms with Crippen LogP contribution >= 0.6 is 0 Å². The van der Waals surface area contributed by atoms with Crippen molar-refractivity contribution in [2.75, 3.05) is 43.5 Å². The average molecular weight is 386 g/mol. The number of primary amides is 1. The molecule has 1 saturated heterocycles. The topological polar surface area (TPSA) is 106 Å². The lowest BCUT2D eigenvalue weighted by molar-refractivity contribution is -0.125. The van der Waals surface area contributed by atoms with Gasteiger partial charge in [0, 0.05) is 32.4 Å². The fourth-order valence-electron chi connectivity index (χ4n) is 3.30. The Kier molecular flexibility index (Phi) is 5.84. The van der Waals surface area contributed by atoms with E-state index in [0.29, 0.717) is 25.3 Å². The molecule has 1 aromatic carbocycles. The van der Waals surface area contributed by atoms with Crippen LogP contribution in [-0.4, -0.2) is 65.8 Å². The number of nitrogens with zero attached hydrogens (tertiary/aromatic N) is 4. The van der Waals surface area contributed by atoms with Crippen molar-refractivity contribution in [2.24, 2.45) is 12.8 Å². The summed E-state index contributed by atoms with van der Waals surface area (Å²) in [5, 5.41) is 6.96. The molecule has 9 nitrogen and oxygen atoms in total. The Morgan fingerprint density at radius 3 is 2.57 bits per heavy atom. The van der Waals surface area contributed by atoms with Crippen LogP contribution in [0, 0.1) is 6.92 Å². The van der Waals surface area contributed by atoms with E-state index < -0.39 is 11.9 Å². The van der Waals surface area contributed by atoms with Crippen molar-refractivity contribution in [3.05, 3.63) is 36.2 Å². The molecule has 0 unspecified atom stereocenters. The summed E-state index contributed by atoms with van der Waals surface area (Å²) in [7, 11) is 3.43. The Morgan fingerprint density at radius 1 is 1.29 bits per heavy atom. The Morgan fingerprint density at radius 2 is 2.00 bits per heavy atom. The van der Waals surface area contributed by atoms with Gasteiger partial charge >= 0.3 is 0 Å². The van der Waals surface area contributed by atoms with Gasteiger partial charge in [0.25, 0.3) is 0 Å². The van der Waals surface area contributed by atoms with Crippen LogP contribution in [0.25, 0.3) is 0 Å². The van der Waals surface area contributed by atoms with Crippen molar-refractivity contribution in [1.29, 1.82) is 0 Å². The summed E-state index contributed by atoms with van der Waals surface area (Å²) in [6.07, 6.45) is 1.61. The second-order valence-electron chi connectivity index (χ2n) is 6.85. The molecule has 3 rings (SSSR count). The molecule has 0 aliphatic carbocycles. The minimum absolute atomic E-state index is 0.0956. The zero-order valence-corrected chi connectivity index (χ0v) is 16.4. The number of hydrogen-bond acceptors (Lipinski definition) is 6. The van der Waals surface area contributed by atoms with Gasteiger partial charge < -0.3 is 20.7 Å². The number of carbonyl (C=O) groups excluding carboxylic acids is 2. The molecule has 0 radical (unpaired) electrons. The minimum atomic E-state index is -0.545. The van der Waals surface area contributed by atoms with E-state index in [2.05, 4.69) is 15.3 Å². The van der Waals surface area contributed by atoms with Crippen molar-refractivity contribution in [2.45, 2.75) is 13.0 Å². The normalized spacial score (nSPS) is 17.4. The zero-order valence-electron chi connectivity index (χ0n) is 16.4. The molecule has 28 heavy (non-hydrogen) atoms. The van der Waals surface area contributed by atoms with Crippen LogP contribution in [0.15, 0.2) is 30.5 Å². The second-order valence-corrected chi connectivity index (χ2v) is 6.85. The van der Waals surface area contributed by atoms with Crippen molar-refractivity contribution >= 4 is 23.2 Å². The average Bonchev–Trinajstić information content (AvgIpc) is 3.00. The van der Waals surface area contributed by atoms with E-state index in [9.17, 15) is 9.59 Å². The summed E-state index contributed by atoms with van der Waals surface area (Å²) < 4.78 is 6.87. The summed E-state index contributed by atoms with van der Waals surface area (Å²) in [4.78, 5) is 28.4. The van der Waals surface area contributed by atoms with Crippen molar-refractivity contribution in [1.82, 2.24) is 14.7 Å². The number of ether oxygens (including phenoxy) is 1. The van der Waals surface area contributed by atoms with Gasteiger partial charge in [-0.2, -0.15) is 5.10 Å². The lowest BCUT2D eigenvalue weighted by Crippen LogP contribution is -2.59. The van der Waals surface area contributed by atoms with Gasteiger partial charge in [0.1, 0.15) is 11.8 Å². The van der Waals surface area contributed by atoms with Gasteiger partial charge in [0.05, 0.1) is 31.2 Å². The minimum Gasteiger partial charge on any atom is -0.497 e. The molecule has 150 valence electrons. The van der Waals surface area contributed by atoms with Gasteiger partial charge in [0.15, 0.2) is 0 Å². The van der Waals surface area contributed by atoms with Crippen LogP contribution in [0.2, 0.25) is 0 Å². The molecule has 2 heterocycles.